The van der Waals surface area contributed by atoms with E-state index in [1.807, 2.05) is 18.2 Å². The Labute approximate surface area is 165 Å². The van der Waals surface area contributed by atoms with Gasteiger partial charge in [-0.05, 0) is 38.1 Å². The van der Waals surface area contributed by atoms with Gasteiger partial charge in [0.15, 0.2) is 0 Å². The molecule has 0 aliphatic heterocycles. The molecule has 0 saturated carbocycles. The highest BCUT2D eigenvalue weighted by Crippen LogP contribution is 2.30. The van der Waals surface area contributed by atoms with Gasteiger partial charge >= 0.3 is 6.01 Å². The standard InChI is InChI=1S/C20H17F2N3O2S/c1-12-17(13(2)24-20(23-12)27-14-8-4-3-5-9-14)25-18(26)15-10-6-7-11-16(15)28-19(21)22/h3-11,19H,1-2H3,(H,25,26). The van der Waals surface area contributed by atoms with Crippen molar-refractivity contribution in [3.63, 3.8) is 0 Å². The van der Waals surface area contributed by atoms with E-state index in [4.69, 9.17) is 4.74 Å². The van der Waals surface area contributed by atoms with Gasteiger partial charge in [-0.1, -0.05) is 42.1 Å². The van der Waals surface area contributed by atoms with E-state index in [9.17, 15) is 13.6 Å². The molecule has 0 aliphatic carbocycles. The minimum absolute atomic E-state index is 0.160. The van der Waals surface area contributed by atoms with Crippen molar-refractivity contribution < 1.29 is 18.3 Å². The van der Waals surface area contributed by atoms with Gasteiger partial charge < -0.3 is 10.1 Å². The summed E-state index contributed by atoms with van der Waals surface area (Å²) in [6.07, 6.45) is 0. The smallest absolute Gasteiger partial charge is 0.322 e. The van der Waals surface area contributed by atoms with Gasteiger partial charge in [0.1, 0.15) is 5.75 Å². The molecule has 0 unspecified atom stereocenters. The molecule has 2 aromatic carbocycles. The number of carbonyl (C=O) groups excluding carboxylic acids is 1. The number of benzene rings is 2. The summed E-state index contributed by atoms with van der Waals surface area (Å²) in [5, 5.41) is 2.72. The lowest BCUT2D eigenvalue weighted by Crippen LogP contribution is -2.16. The molecule has 1 N–H and O–H groups in total. The van der Waals surface area contributed by atoms with Crippen molar-refractivity contribution >= 4 is 23.4 Å². The predicted octanol–water partition coefficient (Wildman–Crippen LogP) is 5.45. The fraction of sp³-hybridized carbons (Fsp3) is 0.150. The predicted molar refractivity (Wildman–Crippen MR) is 104 cm³/mol. The van der Waals surface area contributed by atoms with Crippen LogP contribution in [-0.4, -0.2) is 21.6 Å². The molecule has 1 amide bonds. The number of amides is 1. The van der Waals surface area contributed by atoms with Crippen LogP contribution in [0.15, 0.2) is 59.5 Å². The molecule has 0 atom stereocenters. The monoisotopic (exact) mass is 401 g/mol. The van der Waals surface area contributed by atoms with Crippen molar-refractivity contribution in [1.82, 2.24) is 9.97 Å². The van der Waals surface area contributed by atoms with Crippen LogP contribution in [0.4, 0.5) is 14.5 Å². The third-order valence-corrected chi connectivity index (χ3v) is 4.58. The fourth-order valence-electron chi connectivity index (χ4n) is 2.54. The Morgan fingerprint density at radius 1 is 1.00 bits per heavy atom. The molecule has 0 radical (unpaired) electrons. The molecule has 0 spiro atoms. The molecule has 0 bridgehead atoms. The number of carbonyl (C=O) groups is 1. The summed E-state index contributed by atoms with van der Waals surface area (Å²) in [5.74, 6) is -2.53. The molecular formula is C20H17F2N3O2S. The maximum Gasteiger partial charge on any atom is 0.322 e. The van der Waals surface area contributed by atoms with Gasteiger partial charge in [0.05, 0.1) is 22.6 Å². The summed E-state index contributed by atoms with van der Waals surface area (Å²) < 4.78 is 31.1. The molecule has 5 nitrogen and oxygen atoms in total. The van der Waals surface area contributed by atoms with Crippen LogP contribution in [0.5, 0.6) is 11.8 Å². The molecule has 1 heterocycles. The zero-order chi connectivity index (χ0) is 20.1. The van der Waals surface area contributed by atoms with Gasteiger partial charge in [0.25, 0.3) is 11.7 Å². The van der Waals surface area contributed by atoms with Gasteiger partial charge in [0, 0.05) is 4.90 Å². The van der Waals surface area contributed by atoms with Crippen LogP contribution in [0.25, 0.3) is 0 Å². The van der Waals surface area contributed by atoms with Crippen LogP contribution >= 0.6 is 11.8 Å². The fourth-order valence-corrected chi connectivity index (χ4v) is 3.18. The van der Waals surface area contributed by atoms with E-state index in [2.05, 4.69) is 15.3 Å². The van der Waals surface area contributed by atoms with E-state index in [0.29, 0.717) is 34.6 Å². The van der Waals surface area contributed by atoms with E-state index in [0.717, 1.165) is 0 Å². The molecule has 28 heavy (non-hydrogen) atoms. The summed E-state index contributed by atoms with van der Waals surface area (Å²) in [5.41, 5.74) is 1.59. The van der Waals surface area contributed by atoms with Crippen LogP contribution in [0.2, 0.25) is 0 Å². The highest BCUT2D eigenvalue weighted by molar-refractivity contribution is 7.99. The van der Waals surface area contributed by atoms with Crippen molar-refractivity contribution in [3.8, 4) is 11.8 Å². The Bertz CT molecular complexity index is 961. The lowest BCUT2D eigenvalue weighted by molar-refractivity contribution is 0.102. The topological polar surface area (TPSA) is 64.1 Å². The summed E-state index contributed by atoms with van der Waals surface area (Å²) >= 11 is 0.331. The maximum atomic E-state index is 12.7. The molecule has 0 aliphatic rings. The molecule has 0 fully saturated rings. The van der Waals surface area contributed by atoms with Gasteiger partial charge in [-0.3, -0.25) is 4.79 Å². The Morgan fingerprint density at radius 3 is 2.25 bits per heavy atom. The Balaban J connectivity index is 1.82. The second kappa shape index (κ2) is 8.79. The lowest BCUT2D eigenvalue weighted by atomic mass is 10.2. The lowest BCUT2D eigenvalue weighted by Gasteiger charge is -2.14. The van der Waals surface area contributed by atoms with Crippen molar-refractivity contribution in [1.29, 1.82) is 0 Å². The number of aromatic nitrogens is 2. The molecular weight excluding hydrogens is 384 g/mol. The number of ether oxygens (including phenoxy) is 1. The maximum absolute atomic E-state index is 12.7. The minimum atomic E-state index is -2.62. The highest BCUT2D eigenvalue weighted by atomic mass is 32.2. The molecule has 0 saturated heterocycles. The number of rotatable bonds is 6. The number of hydrogen-bond acceptors (Lipinski definition) is 5. The van der Waals surface area contributed by atoms with Crippen molar-refractivity contribution in [2.45, 2.75) is 24.5 Å². The number of halogens is 2. The number of nitrogens with one attached hydrogen (secondary N) is 1. The van der Waals surface area contributed by atoms with Gasteiger partial charge in [0.2, 0.25) is 0 Å². The van der Waals surface area contributed by atoms with Gasteiger partial charge in [-0.15, -0.1) is 0 Å². The van der Waals surface area contributed by atoms with Crippen LogP contribution < -0.4 is 10.1 Å². The average Bonchev–Trinajstić information content (AvgIpc) is 2.65. The van der Waals surface area contributed by atoms with E-state index >= 15 is 0 Å². The van der Waals surface area contributed by atoms with Crippen LogP contribution in [-0.2, 0) is 0 Å². The highest BCUT2D eigenvalue weighted by Gasteiger charge is 2.18. The van der Waals surface area contributed by atoms with E-state index in [-0.39, 0.29) is 16.5 Å². The largest absolute Gasteiger partial charge is 0.424 e. The second-order valence-corrected chi connectivity index (χ2v) is 6.83. The number of anilines is 1. The first-order valence-electron chi connectivity index (χ1n) is 8.37. The summed E-state index contributed by atoms with van der Waals surface area (Å²) in [6, 6.07) is 15.5. The molecule has 3 aromatic rings. The van der Waals surface area contributed by atoms with Crippen molar-refractivity contribution in [2.75, 3.05) is 5.32 Å². The summed E-state index contributed by atoms with van der Waals surface area (Å²) in [6.45, 7) is 3.42. The number of thioether (sulfide) groups is 1. The Kier molecular flexibility index (Phi) is 6.20. The van der Waals surface area contributed by atoms with Gasteiger partial charge in [-0.25, -0.2) is 0 Å². The SMILES string of the molecule is Cc1nc(Oc2ccccc2)nc(C)c1NC(=O)c1ccccc1SC(F)F. The summed E-state index contributed by atoms with van der Waals surface area (Å²) in [4.78, 5) is 21.4. The van der Waals surface area contributed by atoms with Gasteiger partial charge in [-0.2, -0.15) is 18.7 Å². The van der Waals surface area contributed by atoms with E-state index in [1.54, 1.807) is 38.1 Å². The first-order chi connectivity index (χ1) is 13.4. The zero-order valence-electron chi connectivity index (χ0n) is 15.1. The molecule has 1 aromatic heterocycles. The molecule has 3 rings (SSSR count). The number of alkyl halides is 2. The summed E-state index contributed by atoms with van der Waals surface area (Å²) in [7, 11) is 0. The van der Waals surface area contributed by atoms with Crippen LogP contribution in [0.3, 0.4) is 0 Å². The second-order valence-electron chi connectivity index (χ2n) is 5.80. The first-order valence-corrected chi connectivity index (χ1v) is 9.25. The van der Waals surface area contributed by atoms with Crippen LogP contribution in [0, 0.1) is 13.8 Å². The normalized spacial score (nSPS) is 10.8. The number of hydrogen-bond donors (Lipinski definition) is 1. The minimum Gasteiger partial charge on any atom is -0.424 e. The third-order valence-electron chi connectivity index (χ3n) is 3.79. The molecule has 8 heteroatoms. The van der Waals surface area contributed by atoms with Crippen molar-refractivity contribution in [2.24, 2.45) is 0 Å². The Hall–Kier alpha value is -3.00. The quantitative estimate of drug-likeness (QED) is 0.556. The zero-order valence-corrected chi connectivity index (χ0v) is 16.0. The van der Waals surface area contributed by atoms with Crippen molar-refractivity contribution in [3.05, 3.63) is 71.5 Å². The number of aryl methyl sites for hydroxylation is 2. The van der Waals surface area contributed by atoms with Crippen LogP contribution in [0.1, 0.15) is 21.7 Å². The first kappa shape index (κ1) is 19.8. The third kappa shape index (κ3) is 4.83. The molecule has 144 valence electrons. The average molecular weight is 401 g/mol. The number of nitrogens with zero attached hydrogens (tertiary/aromatic N) is 2. The Morgan fingerprint density at radius 2 is 1.61 bits per heavy atom. The number of para-hydroxylation sites is 1. The van der Waals surface area contributed by atoms with E-state index < -0.39 is 11.7 Å². The van der Waals surface area contributed by atoms with E-state index in [1.165, 1.54) is 12.1 Å².